The lowest BCUT2D eigenvalue weighted by molar-refractivity contribution is 0.669. The summed E-state index contributed by atoms with van der Waals surface area (Å²) in [5.74, 6) is 0.575. The van der Waals surface area contributed by atoms with Crippen LogP contribution in [0.25, 0.3) is 6.08 Å². The Morgan fingerprint density at radius 3 is 2.67 bits per heavy atom. The topological polar surface area (TPSA) is 15.8 Å². The number of H-pyrrole nitrogens is 1. The van der Waals surface area contributed by atoms with Gasteiger partial charge < -0.3 is 4.98 Å². The second-order valence-electron chi connectivity index (χ2n) is 5.16. The van der Waals surface area contributed by atoms with E-state index in [0.29, 0.717) is 5.92 Å². The zero-order valence-corrected chi connectivity index (χ0v) is 9.96. The summed E-state index contributed by atoms with van der Waals surface area (Å²) in [6.07, 6.45) is 8.86. The highest BCUT2D eigenvalue weighted by Crippen LogP contribution is 2.33. The highest BCUT2D eigenvalue weighted by Gasteiger charge is 2.23. The van der Waals surface area contributed by atoms with Gasteiger partial charge in [0.25, 0.3) is 0 Å². The molecule has 0 saturated carbocycles. The summed E-state index contributed by atoms with van der Waals surface area (Å²) >= 11 is 0. The van der Waals surface area contributed by atoms with Crippen LogP contribution < -0.4 is 0 Å². The molecule has 0 saturated heterocycles. The number of rotatable bonds is 1. The molecule has 1 aliphatic carbocycles. The van der Waals surface area contributed by atoms with Gasteiger partial charge in [-0.2, -0.15) is 0 Å². The minimum Gasteiger partial charge on any atom is -0.361 e. The van der Waals surface area contributed by atoms with Gasteiger partial charge in [-0.1, -0.05) is 39.8 Å². The number of aromatic amines is 1. The smallest absolute Gasteiger partial charge is 0.0424 e. The molecule has 0 fully saturated rings. The third-order valence-corrected chi connectivity index (χ3v) is 3.14. The van der Waals surface area contributed by atoms with Crippen molar-refractivity contribution in [2.75, 3.05) is 0 Å². The van der Waals surface area contributed by atoms with Crippen LogP contribution in [-0.2, 0) is 5.41 Å². The van der Waals surface area contributed by atoms with Crippen molar-refractivity contribution >= 4 is 6.08 Å². The summed E-state index contributed by atoms with van der Waals surface area (Å²) in [7, 11) is 0. The number of allylic oxidation sites excluding steroid dienone is 3. The molecule has 0 bridgehead atoms. The zero-order valence-electron chi connectivity index (χ0n) is 9.96. The molecule has 1 N–H and O–H groups in total. The van der Waals surface area contributed by atoms with Gasteiger partial charge in [-0.3, -0.25) is 0 Å². The fourth-order valence-electron chi connectivity index (χ4n) is 2.03. The van der Waals surface area contributed by atoms with E-state index >= 15 is 0 Å². The quantitative estimate of drug-likeness (QED) is 0.709. The van der Waals surface area contributed by atoms with Crippen molar-refractivity contribution < 1.29 is 0 Å². The molecular weight excluding hydrogens is 182 g/mol. The molecule has 1 aromatic rings. The molecule has 0 amide bonds. The lowest BCUT2D eigenvalue weighted by Crippen LogP contribution is -2.12. The summed E-state index contributed by atoms with van der Waals surface area (Å²) in [4.78, 5) is 3.32. The highest BCUT2D eigenvalue weighted by atomic mass is 14.7. The van der Waals surface area contributed by atoms with Crippen molar-refractivity contribution in [1.29, 1.82) is 0 Å². The van der Waals surface area contributed by atoms with E-state index in [9.17, 15) is 0 Å². The van der Waals surface area contributed by atoms with Crippen molar-refractivity contribution in [3.05, 3.63) is 41.2 Å². The average Bonchev–Trinajstić information content (AvgIpc) is 2.55. The number of fused-ring (bicyclic) bond motifs is 1. The van der Waals surface area contributed by atoms with E-state index in [1.165, 1.54) is 16.8 Å². The first-order valence-electron chi connectivity index (χ1n) is 5.59. The Bertz CT molecular complexity index is 416. The van der Waals surface area contributed by atoms with Crippen LogP contribution in [0.5, 0.6) is 0 Å². The van der Waals surface area contributed by atoms with Gasteiger partial charge in [0.05, 0.1) is 0 Å². The Kier molecular flexibility index (Phi) is 2.34. The highest BCUT2D eigenvalue weighted by molar-refractivity contribution is 5.61. The second kappa shape index (κ2) is 3.41. The normalized spacial score (nSPS) is 18.6. The van der Waals surface area contributed by atoms with Crippen LogP contribution in [0.4, 0.5) is 0 Å². The molecule has 0 aromatic carbocycles. The predicted molar refractivity (Wildman–Crippen MR) is 65.8 cm³/mol. The summed E-state index contributed by atoms with van der Waals surface area (Å²) in [5, 5.41) is 0. The van der Waals surface area contributed by atoms with E-state index < -0.39 is 0 Å². The van der Waals surface area contributed by atoms with Crippen LogP contribution in [0.2, 0.25) is 0 Å². The fraction of sp³-hybridized carbons (Fsp3) is 0.429. The number of aromatic nitrogens is 1. The van der Waals surface area contributed by atoms with Crippen molar-refractivity contribution in [2.24, 2.45) is 5.92 Å². The molecule has 1 aliphatic rings. The standard InChI is InChI=1S/C14H19N/c1-10(2)11-5-7-14(3,4)12-6-8-15-13(12)9-11/h5-10,15H,1-4H3. The van der Waals surface area contributed by atoms with Crippen LogP contribution in [0.15, 0.2) is 30.0 Å². The number of nitrogens with one attached hydrogen (secondary N) is 1. The van der Waals surface area contributed by atoms with Crippen molar-refractivity contribution in [3.8, 4) is 0 Å². The second-order valence-corrected chi connectivity index (χ2v) is 5.16. The molecule has 80 valence electrons. The van der Waals surface area contributed by atoms with Crippen LogP contribution in [0.1, 0.15) is 39.0 Å². The predicted octanol–water partition coefficient (Wildman–Crippen LogP) is 3.90. The third-order valence-electron chi connectivity index (χ3n) is 3.14. The van der Waals surface area contributed by atoms with Gasteiger partial charge >= 0.3 is 0 Å². The third kappa shape index (κ3) is 1.79. The number of hydrogen-bond donors (Lipinski definition) is 1. The van der Waals surface area contributed by atoms with E-state index in [1.54, 1.807) is 0 Å². The summed E-state index contributed by atoms with van der Waals surface area (Å²) in [5.41, 5.74) is 4.16. The SMILES string of the molecule is CC(C)C1=Cc2[nH]ccc2C(C)(C)C=C1. The van der Waals surface area contributed by atoms with Crippen LogP contribution in [0.3, 0.4) is 0 Å². The largest absolute Gasteiger partial charge is 0.361 e. The Morgan fingerprint density at radius 1 is 1.27 bits per heavy atom. The number of hydrogen-bond acceptors (Lipinski definition) is 0. The van der Waals surface area contributed by atoms with Crippen molar-refractivity contribution in [1.82, 2.24) is 4.98 Å². The van der Waals surface area contributed by atoms with Gasteiger partial charge in [0.15, 0.2) is 0 Å². The fourth-order valence-corrected chi connectivity index (χ4v) is 2.03. The molecule has 2 rings (SSSR count). The van der Waals surface area contributed by atoms with Gasteiger partial charge in [0.2, 0.25) is 0 Å². The van der Waals surface area contributed by atoms with Gasteiger partial charge in [0.1, 0.15) is 0 Å². The average molecular weight is 201 g/mol. The van der Waals surface area contributed by atoms with Crippen molar-refractivity contribution in [3.63, 3.8) is 0 Å². The van der Waals surface area contributed by atoms with Gasteiger partial charge in [-0.15, -0.1) is 0 Å². The minimum atomic E-state index is 0.127. The Morgan fingerprint density at radius 2 is 2.00 bits per heavy atom. The van der Waals surface area contributed by atoms with E-state index in [2.05, 4.69) is 57.0 Å². The molecule has 1 heterocycles. The first kappa shape index (κ1) is 10.3. The maximum atomic E-state index is 3.32. The minimum absolute atomic E-state index is 0.127. The van der Waals surface area contributed by atoms with E-state index in [0.717, 1.165) is 0 Å². The molecule has 1 nitrogen and oxygen atoms in total. The maximum absolute atomic E-state index is 3.32. The Balaban J connectivity index is 2.55. The monoisotopic (exact) mass is 201 g/mol. The molecule has 0 atom stereocenters. The molecule has 0 spiro atoms. The lowest BCUT2D eigenvalue weighted by Gasteiger charge is -2.19. The van der Waals surface area contributed by atoms with Crippen molar-refractivity contribution in [2.45, 2.75) is 33.1 Å². The zero-order chi connectivity index (χ0) is 11.1. The molecule has 1 aromatic heterocycles. The first-order chi connectivity index (χ1) is 7.00. The maximum Gasteiger partial charge on any atom is 0.0424 e. The Labute approximate surface area is 91.9 Å². The molecule has 1 heteroatoms. The van der Waals surface area contributed by atoms with Gasteiger partial charge in [-0.05, 0) is 29.2 Å². The van der Waals surface area contributed by atoms with Crippen LogP contribution in [-0.4, -0.2) is 4.98 Å². The van der Waals surface area contributed by atoms with Gasteiger partial charge in [-0.25, -0.2) is 0 Å². The lowest BCUT2D eigenvalue weighted by atomic mass is 9.85. The molecule has 0 aliphatic heterocycles. The summed E-state index contributed by atoms with van der Waals surface area (Å²) in [6, 6.07) is 2.18. The first-order valence-corrected chi connectivity index (χ1v) is 5.59. The van der Waals surface area contributed by atoms with Crippen LogP contribution in [0, 0.1) is 5.92 Å². The van der Waals surface area contributed by atoms with E-state index in [-0.39, 0.29) is 5.41 Å². The summed E-state index contributed by atoms with van der Waals surface area (Å²) < 4.78 is 0. The Hall–Kier alpha value is -1.24. The molecule has 0 radical (unpaired) electrons. The molecule has 15 heavy (non-hydrogen) atoms. The molecule has 0 unspecified atom stereocenters. The summed E-state index contributed by atoms with van der Waals surface area (Å²) in [6.45, 7) is 8.98. The van der Waals surface area contributed by atoms with E-state index in [4.69, 9.17) is 0 Å². The van der Waals surface area contributed by atoms with E-state index in [1.807, 2.05) is 6.20 Å². The van der Waals surface area contributed by atoms with Gasteiger partial charge in [0, 0.05) is 17.3 Å². The molecular formula is C14H19N. The van der Waals surface area contributed by atoms with Crippen LogP contribution >= 0.6 is 0 Å².